The Morgan fingerprint density at radius 3 is 2.50 bits per heavy atom. The van der Waals surface area contributed by atoms with E-state index in [4.69, 9.17) is 0 Å². The first kappa shape index (κ1) is 14.6. The Morgan fingerprint density at radius 2 is 1.82 bits per heavy atom. The highest BCUT2D eigenvalue weighted by Gasteiger charge is 2.60. The van der Waals surface area contributed by atoms with Gasteiger partial charge in [-0.3, -0.25) is 0 Å². The Bertz CT molecular complexity index is 719. The van der Waals surface area contributed by atoms with Crippen molar-refractivity contribution in [3.05, 3.63) is 46.5 Å². The van der Waals surface area contributed by atoms with Crippen molar-refractivity contribution in [3.8, 4) is 0 Å². The van der Waals surface area contributed by atoms with E-state index in [0.29, 0.717) is 10.8 Å². The van der Waals surface area contributed by atoms with Crippen molar-refractivity contribution in [2.75, 3.05) is 5.75 Å². The van der Waals surface area contributed by atoms with Crippen LogP contribution < -0.4 is 0 Å². The zero-order chi connectivity index (χ0) is 15.7. The summed E-state index contributed by atoms with van der Waals surface area (Å²) in [4.78, 5) is 1.47. The molecule has 0 spiro atoms. The normalized spacial score (nSPS) is 32.7. The first-order valence-electron chi connectivity index (χ1n) is 8.51. The minimum absolute atomic E-state index is 0.341. The van der Waals surface area contributed by atoms with Gasteiger partial charge in [0.1, 0.15) is 0 Å². The van der Waals surface area contributed by atoms with Crippen LogP contribution in [0.2, 0.25) is 0 Å². The van der Waals surface area contributed by atoms with Gasteiger partial charge in [-0.2, -0.15) is 0 Å². The first-order chi connectivity index (χ1) is 10.4. The third-order valence-corrected chi connectivity index (χ3v) is 8.22. The summed E-state index contributed by atoms with van der Waals surface area (Å²) in [5, 5.41) is 0. The van der Waals surface area contributed by atoms with Crippen molar-refractivity contribution in [1.29, 1.82) is 0 Å². The summed E-state index contributed by atoms with van der Waals surface area (Å²) in [7, 11) is 0. The van der Waals surface area contributed by atoms with Crippen LogP contribution >= 0.6 is 11.8 Å². The second-order valence-electron chi connectivity index (χ2n) is 8.14. The van der Waals surface area contributed by atoms with Crippen LogP contribution in [0.5, 0.6) is 0 Å². The van der Waals surface area contributed by atoms with E-state index in [-0.39, 0.29) is 0 Å². The fraction of sp³-hybridized carbons (Fsp3) is 0.524. The number of benzene rings is 1. The molecule has 0 amide bonds. The molecule has 0 nitrogen and oxygen atoms in total. The molecule has 4 rings (SSSR count). The molecule has 0 N–H and O–H groups in total. The molecule has 1 aromatic carbocycles. The van der Waals surface area contributed by atoms with Crippen LogP contribution in [0.25, 0.3) is 5.57 Å². The average Bonchev–Trinajstić information content (AvgIpc) is 2.79. The molecular weight excluding hydrogens is 284 g/mol. The maximum Gasteiger partial charge on any atom is 0.0197 e. The van der Waals surface area contributed by atoms with E-state index in [1.807, 2.05) is 11.8 Å². The summed E-state index contributed by atoms with van der Waals surface area (Å²) in [5.41, 5.74) is 8.75. The average molecular weight is 311 g/mol. The van der Waals surface area contributed by atoms with Crippen molar-refractivity contribution in [1.82, 2.24) is 0 Å². The van der Waals surface area contributed by atoms with Crippen LogP contribution in [0, 0.1) is 16.7 Å². The summed E-state index contributed by atoms with van der Waals surface area (Å²) in [6, 6.07) is 9.01. The summed E-state index contributed by atoms with van der Waals surface area (Å²) < 4.78 is 0. The molecule has 1 aromatic rings. The third-order valence-electron chi connectivity index (χ3n) is 6.97. The minimum atomic E-state index is 0.341. The summed E-state index contributed by atoms with van der Waals surface area (Å²) in [6.45, 7) is 12.3. The van der Waals surface area contributed by atoms with Crippen molar-refractivity contribution in [2.24, 2.45) is 16.7 Å². The zero-order valence-corrected chi connectivity index (χ0v) is 15.2. The zero-order valence-electron chi connectivity index (χ0n) is 14.4. The topological polar surface area (TPSA) is 0 Å². The van der Waals surface area contributed by atoms with Crippen LogP contribution in [0.4, 0.5) is 0 Å². The fourth-order valence-electron chi connectivity index (χ4n) is 5.42. The largest absolute Gasteiger partial charge is 0.121 e. The molecule has 3 aliphatic rings. The molecule has 0 saturated heterocycles. The van der Waals surface area contributed by atoms with Crippen molar-refractivity contribution < 1.29 is 0 Å². The predicted molar refractivity (Wildman–Crippen MR) is 97.1 cm³/mol. The molecule has 2 aliphatic carbocycles. The van der Waals surface area contributed by atoms with E-state index in [1.165, 1.54) is 23.3 Å². The highest BCUT2D eigenvalue weighted by atomic mass is 32.2. The molecule has 2 bridgehead atoms. The maximum atomic E-state index is 2.53. The smallest absolute Gasteiger partial charge is 0.0197 e. The second-order valence-corrected chi connectivity index (χ2v) is 9.16. The Kier molecular flexibility index (Phi) is 3.02. The fourth-order valence-corrected chi connectivity index (χ4v) is 6.44. The van der Waals surface area contributed by atoms with Gasteiger partial charge in [-0.05, 0) is 66.2 Å². The van der Waals surface area contributed by atoms with E-state index >= 15 is 0 Å². The Balaban J connectivity index is 1.96. The number of hydrogen-bond acceptors (Lipinski definition) is 1. The molecule has 1 heteroatoms. The number of hydrogen-bond donors (Lipinski definition) is 0. The van der Waals surface area contributed by atoms with E-state index in [1.54, 1.807) is 22.3 Å². The SMILES string of the molecule is CC1=C(C2=C(C)[C@@H]3CC[C@]2(C)C3(C)C)c2ccccc2SC1. The molecule has 1 heterocycles. The van der Waals surface area contributed by atoms with Crippen LogP contribution in [0.3, 0.4) is 0 Å². The molecule has 116 valence electrons. The summed E-state index contributed by atoms with van der Waals surface area (Å²) >= 11 is 2.00. The highest BCUT2D eigenvalue weighted by Crippen LogP contribution is 2.70. The van der Waals surface area contributed by atoms with E-state index < -0.39 is 0 Å². The lowest BCUT2D eigenvalue weighted by Gasteiger charge is -2.39. The monoisotopic (exact) mass is 310 g/mol. The van der Waals surface area contributed by atoms with Crippen LogP contribution in [-0.2, 0) is 0 Å². The van der Waals surface area contributed by atoms with Crippen molar-refractivity contribution >= 4 is 17.3 Å². The van der Waals surface area contributed by atoms with Gasteiger partial charge in [0.05, 0.1) is 0 Å². The van der Waals surface area contributed by atoms with Crippen molar-refractivity contribution in [2.45, 2.75) is 52.4 Å². The van der Waals surface area contributed by atoms with Crippen LogP contribution in [-0.4, -0.2) is 5.75 Å². The number of allylic oxidation sites excluding steroid dienone is 3. The van der Waals surface area contributed by atoms with Gasteiger partial charge < -0.3 is 0 Å². The number of fused-ring (bicyclic) bond motifs is 3. The Labute approximate surface area is 139 Å². The number of rotatable bonds is 1. The van der Waals surface area contributed by atoms with Gasteiger partial charge in [-0.1, -0.05) is 50.1 Å². The third kappa shape index (κ3) is 1.61. The summed E-state index contributed by atoms with van der Waals surface area (Å²) in [6.07, 6.45) is 2.73. The van der Waals surface area contributed by atoms with E-state index in [0.717, 1.165) is 11.7 Å². The Hall–Kier alpha value is -0.950. The molecule has 0 unspecified atom stereocenters. The molecule has 1 aliphatic heterocycles. The lowest BCUT2D eigenvalue weighted by Crippen LogP contribution is -2.31. The lowest BCUT2D eigenvalue weighted by molar-refractivity contribution is 0.173. The molecule has 1 saturated carbocycles. The van der Waals surface area contributed by atoms with Gasteiger partial charge in [-0.25, -0.2) is 0 Å². The standard InChI is InChI=1S/C21H26S/c1-13-12-22-17-9-7-6-8-15(17)18(13)19-14(2)16-10-11-21(19,5)20(16,3)4/h6-9,16H,10-12H2,1-5H3/t16-,21-/m0/s1. The molecular formula is C21H26S. The Morgan fingerprint density at radius 1 is 1.09 bits per heavy atom. The van der Waals surface area contributed by atoms with E-state index in [9.17, 15) is 0 Å². The molecule has 1 fully saturated rings. The van der Waals surface area contributed by atoms with Crippen LogP contribution in [0.15, 0.2) is 45.9 Å². The quantitative estimate of drug-likeness (QED) is 0.583. The van der Waals surface area contributed by atoms with Crippen LogP contribution in [0.1, 0.15) is 53.0 Å². The summed E-state index contributed by atoms with van der Waals surface area (Å²) in [5.74, 6) is 1.92. The first-order valence-corrected chi connectivity index (χ1v) is 9.50. The molecule has 2 atom stereocenters. The number of thioether (sulfide) groups is 1. The van der Waals surface area contributed by atoms with Gasteiger partial charge in [0.25, 0.3) is 0 Å². The van der Waals surface area contributed by atoms with Gasteiger partial charge in [0.2, 0.25) is 0 Å². The second kappa shape index (κ2) is 4.54. The highest BCUT2D eigenvalue weighted by molar-refractivity contribution is 7.99. The van der Waals surface area contributed by atoms with Gasteiger partial charge in [0.15, 0.2) is 0 Å². The van der Waals surface area contributed by atoms with E-state index in [2.05, 4.69) is 58.9 Å². The predicted octanol–water partition coefficient (Wildman–Crippen LogP) is 6.34. The molecule has 22 heavy (non-hydrogen) atoms. The van der Waals surface area contributed by atoms with Gasteiger partial charge in [0, 0.05) is 10.6 Å². The molecule has 0 aromatic heterocycles. The lowest BCUT2D eigenvalue weighted by atomic mass is 9.65. The molecule has 0 radical (unpaired) electrons. The van der Waals surface area contributed by atoms with Gasteiger partial charge >= 0.3 is 0 Å². The maximum absolute atomic E-state index is 2.53. The van der Waals surface area contributed by atoms with Gasteiger partial charge in [-0.15, -0.1) is 11.8 Å². The van der Waals surface area contributed by atoms with Crippen molar-refractivity contribution in [3.63, 3.8) is 0 Å². The minimum Gasteiger partial charge on any atom is -0.121 e.